The van der Waals surface area contributed by atoms with Crippen LogP contribution in [0.5, 0.6) is 5.75 Å². The maximum atomic E-state index is 12.3. The Hall–Kier alpha value is -2.56. The molecular formula is C20H25N3O2. The van der Waals surface area contributed by atoms with E-state index in [1.807, 2.05) is 18.2 Å². The molecule has 1 aliphatic carbocycles. The van der Waals surface area contributed by atoms with Crippen LogP contribution < -0.4 is 15.4 Å². The van der Waals surface area contributed by atoms with E-state index in [1.165, 1.54) is 38.5 Å². The molecule has 0 saturated heterocycles. The fraction of sp³-hybridized carbons (Fsp3) is 0.400. The highest BCUT2D eigenvalue weighted by Gasteiger charge is 2.12. The molecule has 0 aliphatic heterocycles. The number of carbonyl (C=O) groups excluding carboxylic acids is 1. The van der Waals surface area contributed by atoms with Gasteiger partial charge in [-0.1, -0.05) is 31.7 Å². The van der Waals surface area contributed by atoms with Crippen molar-refractivity contribution in [1.82, 2.24) is 4.98 Å². The predicted octanol–water partition coefficient (Wildman–Crippen LogP) is 4.48. The van der Waals surface area contributed by atoms with E-state index in [9.17, 15) is 4.79 Å². The van der Waals surface area contributed by atoms with Gasteiger partial charge in [0, 0.05) is 11.6 Å². The van der Waals surface area contributed by atoms with E-state index in [-0.39, 0.29) is 5.91 Å². The first-order chi connectivity index (χ1) is 12.2. The number of methoxy groups -OCH3 is 1. The molecule has 0 atom stereocenters. The molecule has 1 heterocycles. The zero-order valence-corrected chi connectivity index (χ0v) is 14.6. The van der Waals surface area contributed by atoms with E-state index >= 15 is 0 Å². The van der Waals surface area contributed by atoms with Crippen LogP contribution in [0.2, 0.25) is 0 Å². The van der Waals surface area contributed by atoms with Crippen molar-refractivity contribution in [3.05, 3.63) is 48.2 Å². The quantitative estimate of drug-likeness (QED) is 0.789. The van der Waals surface area contributed by atoms with Crippen molar-refractivity contribution in [2.75, 3.05) is 17.7 Å². The van der Waals surface area contributed by atoms with Crippen LogP contribution in [0.4, 0.5) is 11.5 Å². The van der Waals surface area contributed by atoms with Gasteiger partial charge in [-0.3, -0.25) is 4.79 Å². The summed E-state index contributed by atoms with van der Waals surface area (Å²) in [4.78, 5) is 16.7. The van der Waals surface area contributed by atoms with Gasteiger partial charge in [0.1, 0.15) is 11.6 Å². The van der Waals surface area contributed by atoms with E-state index in [2.05, 4.69) is 15.6 Å². The summed E-state index contributed by atoms with van der Waals surface area (Å²) < 4.78 is 5.15. The zero-order valence-electron chi connectivity index (χ0n) is 14.6. The molecule has 2 aromatic rings. The van der Waals surface area contributed by atoms with Crippen LogP contribution in [-0.4, -0.2) is 24.0 Å². The third-order valence-corrected chi connectivity index (χ3v) is 4.56. The Morgan fingerprint density at radius 3 is 2.60 bits per heavy atom. The molecule has 5 heteroatoms. The molecule has 0 unspecified atom stereocenters. The van der Waals surface area contributed by atoms with Crippen LogP contribution in [-0.2, 0) is 0 Å². The van der Waals surface area contributed by atoms with Gasteiger partial charge < -0.3 is 15.4 Å². The summed E-state index contributed by atoms with van der Waals surface area (Å²) in [5.74, 6) is 1.35. The van der Waals surface area contributed by atoms with Gasteiger partial charge in [0.2, 0.25) is 0 Å². The molecule has 1 fully saturated rings. The second kappa shape index (κ2) is 8.51. The highest BCUT2D eigenvalue weighted by molar-refractivity contribution is 6.04. The number of ether oxygens (including phenoxy) is 1. The Morgan fingerprint density at radius 1 is 1.12 bits per heavy atom. The van der Waals surface area contributed by atoms with Gasteiger partial charge in [-0.25, -0.2) is 4.98 Å². The second-order valence-corrected chi connectivity index (χ2v) is 6.45. The number of hydrogen-bond donors (Lipinski definition) is 2. The molecular weight excluding hydrogens is 314 g/mol. The summed E-state index contributed by atoms with van der Waals surface area (Å²) in [6.45, 7) is 0. The molecule has 1 amide bonds. The van der Waals surface area contributed by atoms with Crippen LogP contribution in [0.3, 0.4) is 0 Å². The molecule has 1 aromatic carbocycles. The van der Waals surface area contributed by atoms with Crippen molar-refractivity contribution in [3.8, 4) is 5.75 Å². The van der Waals surface area contributed by atoms with Crippen molar-refractivity contribution in [3.63, 3.8) is 0 Å². The van der Waals surface area contributed by atoms with Gasteiger partial charge in [0.25, 0.3) is 5.91 Å². The minimum Gasteiger partial charge on any atom is -0.497 e. The number of hydrogen-bond acceptors (Lipinski definition) is 4. The molecule has 132 valence electrons. The average molecular weight is 339 g/mol. The smallest absolute Gasteiger partial charge is 0.255 e. The lowest BCUT2D eigenvalue weighted by Gasteiger charge is -2.17. The number of nitrogens with zero attached hydrogens (tertiary/aromatic N) is 1. The van der Waals surface area contributed by atoms with Crippen LogP contribution in [0.25, 0.3) is 0 Å². The van der Waals surface area contributed by atoms with Gasteiger partial charge in [-0.2, -0.15) is 0 Å². The summed E-state index contributed by atoms with van der Waals surface area (Å²) in [5, 5.41) is 6.37. The van der Waals surface area contributed by atoms with Crippen LogP contribution in [0.15, 0.2) is 42.6 Å². The van der Waals surface area contributed by atoms with Crippen molar-refractivity contribution in [2.24, 2.45) is 0 Å². The molecule has 0 radical (unpaired) electrons. The standard InChI is InChI=1S/C20H25N3O2/c1-25-18-10-6-7-15(13-18)20(24)23-17-11-12-19(21-14-17)22-16-8-4-2-3-5-9-16/h6-7,10-14,16H,2-5,8-9H2,1H3,(H,21,22)(H,23,24). The Balaban J connectivity index is 1.59. The summed E-state index contributed by atoms with van der Waals surface area (Å²) in [7, 11) is 1.58. The van der Waals surface area contributed by atoms with E-state index in [0.29, 0.717) is 23.0 Å². The molecule has 2 N–H and O–H groups in total. The fourth-order valence-corrected chi connectivity index (χ4v) is 3.15. The number of aromatic nitrogens is 1. The fourth-order valence-electron chi connectivity index (χ4n) is 3.15. The number of anilines is 2. The van der Waals surface area contributed by atoms with E-state index in [1.54, 1.807) is 31.5 Å². The molecule has 0 bridgehead atoms. The van der Waals surface area contributed by atoms with Gasteiger partial charge in [0.05, 0.1) is 19.0 Å². The Morgan fingerprint density at radius 2 is 1.92 bits per heavy atom. The van der Waals surface area contributed by atoms with Crippen molar-refractivity contribution in [2.45, 2.75) is 44.6 Å². The second-order valence-electron chi connectivity index (χ2n) is 6.45. The monoisotopic (exact) mass is 339 g/mol. The lowest BCUT2D eigenvalue weighted by Crippen LogP contribution is -2.19. The highest BCUT2D eigenvalue weighted by atomic mass is 16.5. The third-order valence-electron chi connectivity index (χ3n) is 4.56. The molecule has 1 saturated carbocycles. The Bertz CT molecular complexity index is 692. The first-order valence-corrected chi connectivity index (χ1v) is 8.92. The van der Waals surface area contributed by atoms with Crippen molar-refractivity contribution >= 4 is 17.4 Å². The molecule has 0 spiro atoms. The summed E-state index contributed by atoms with van der Waals surface area (Å²) in [6, 6.07) is 11.4. The van der Waals surface area contributed by atoms with E-state index in [4.69, 9.17) is 4.74 Å². The SMILES string of the molecule is COc1cccc(C(=O)Nc2ccc(NC3CCCCCC3)nc2)c1. The van der Waals surface area contributed by atoms with Gasteiger partial charge in [0.15, 0.2) is 0 Å². The molecule has 3 rings (SSSR count). The highest BCUT2D eigenvalue weighted by Crippen LogP contribution is 2.21. The van der Waals surface area contributed by atoms with Gasteiger partial charge in [-0.05, 0) is 43.2 Å². The summed E-state index contributed by atoms with van der Waals surface area (Å²) >= 11 is 0. The number of nitrogens with one attached hydrogen (secondary N) is 2. The van der Waals surface area contributed by atoms with E-state index < -0.39 is 0 Å². The minimum atomic E-state index is -0.176. The number of rotatable bonds is 5. The topological polar surface area (TPSA) is 63.2 Å². The molecule has 25 heavy (non-hydrogen) atoms. The van der Waals surface area contributed by atoms with Crippen LogP contribution >= 0.6 is 0 Å². The lowest BCUT2D eigenvalue weighted by molar-refractivity contribution is 0.102. The van der Waals surface area contributed by atoms with Crippen LogP contribution in [0, 0.1) is 0 Å². The normalized spacial score (nSPS) is 15.2. The Labute approximate surface area is 148 Å². The lowest BCUT2D eigenvalue weighted by atomic mass is 10.1. The zero-order chi connectivity index (χ0) is 17.5. The summed E-state index contributed by atoms with van der Waals surface area (Å²) in [5.41, 5.74) is 1.24. The first-order valence-electron chi connectivity index (χ1n) is 8.92. The average Bonchev–Trinajstić information content (AvgIpc) is 2.92. The molecule has 1 aromatic heterocycles. The minimum absolute atomic E-state index is 0.176. The number of amides is 1. The number of benzene rings is 1. The molecule has 5 nitrogen and oxygen atoms in total. The predicted molar refractivity (Wildman–Crippen MR) is 100 cm³/mol. The Kier molecular flexibility index (Phi) is 5.88. The maximum Gasteiger partial charge on any atom is 0.255 e. The van der Waals surface area contributed by atoms with Crippen molar-refractivity contribution in [1.29, 1.82) is 0 Å². The first kappa shape index (κ1) is 17.3. The van der Waals surface area contributed by atoms with Gasteiger partial charge in [-0.15, -0.1) is 0 Å². The number of carbonyl (C=O) groups is 1. The van der Waals surface area contributed by atoms with Crippen molar-refractivity contribution < 1.29 is 9.53 Å². The largest absolute Gasteiger partial charge is 0.497 e. The number of pyridine rings is 1. The van der Waals surface area contributed by atoms with Crippen LogP contribution in [0.1, 0.15) is 48.9 Å². The van der Waals surface area contributed by atoms with Gasteiger partial charge >= 0.3 is 0 Å². The molecule has 1 aliphatic rings. The maximum absolute atomic E-state index is 12.3. The third kappa shape index (κ3) is 4.95. The summed E-state index contributed by atoms with van der Waals surface area (Å²) in [6.07, 6.45) is 9.34. The van der Waals surface area contributed by atoms with E-state index in [0.717, 1.165) is 5.82 Å².